The topological polar surface area (TPSA) is 30.5 Å². The van der Waals surface area contributed by atoms with E-state index in [0.29, 0.717) is 13.2 Å². The van der Waals surface area contributed by atoms with Gasteiger partial charge in [0, 0.05) is 13.2 Å². The van der Waals surface area contributed by atoms with Crippen molar-refractivity contribution >= 4 is 0 Å². The van der Waals surface area contributed by atoms with Crippen LogP contribution in [0.3, 0.4) is 0 Å². The van der Waals surface area contributed by atoms with Gasteiger partial charge in [0.05, 0.1) is 6.04 Å². The second-order valence-corrected chi connectivity index (χ2v) is 5.05. The van der Waals surface area contributed by atoms with Gasteiger partial charge in [-0.25, -0.2) is 0 Å². The Morgan fingerprint density at radius 3 is 2.37 bits per heavy atom. The summed E-state index contributed by atoms with van der Waals surface area (Å²) < 4.78 is 11.6. The van der Waals surface area contributed by atoms with Crippen LogP contribution in [0, 0.1) is 0 Å². The first kappa shape index (κ1) is 16.7. The molecule has 0 saturated carbocycles. The molecule has 0 spiro atoms. The molecule has 1 aliphatic rings. The number of hydrogen-bond acceptors (Lipinski definition) is 3. The van der Waals surface area contributed by atoms with Gasteiger partial charge in [0.15, 0.2) is 6.29 Å². The van der Waals surface area contributed by atoms with Crippen molar-refractivity contribution in [2.75, 3.05) is 19.8 Å². The van der Waals surface area contributed by atoms with Gasteiger partial charge in [-0.15, -0.1) is 0 Å². The van der Waals surface area contributed by atoms with Gasteiger partial charge >= 0.3 is 0 Å². The zero-order valence-corrected chi connectivity index (χ0v) is 12.9. The average molecular weight is 269 g/mol. The van der Waals surface area contributed by atoms with E-state index in [2.05, 4.69) is 18.3 Å². The van der Waals surface area contributed by atoms with Crippen LogP contribution in [0.25, 0.3) is 0 Å². The molecule has 0 aromatic heterocycles. The van der Waals surface area contributed by atoms with Crippen molar-refractivity contribution in [1.29, 1.82) is 0 Å². The third-order valence-electron chi connectivity index (χ3n) is 3.58. The van der Waals surface area contributed by atoms with Crippen LogP contribution < -0.4 is 5.32 Å². The summed E-state index contributed by atoms with van der Waals surface area (Å²) in [4.78, 5) is 0. The molecule has 1 rings (SSSR count). The van der Waals surface area contributed by atoms with Gasteiger partial charge in [-0.2, -0.15) is 0 Å². The monoisotopic (exact) mass is 269 g/mol. The molecule has 0 saturated heterocycles. The van der Waals surface area contributed by atoms with Gasteiger partial charge in [0.1, 0.15) is 0 Å². The van der Waals surface area contributed by atoms with Crippen molar-refractivity contribution in [3.8, 4) is 0 Å². The number of likely N-dealkylation sites (N-methyl/N-ethyl adjacent to an activating group) is 1. The van der Waals surface area contributed by atoms with Crippen LogP contribution in [0.1, 0.15) is 59.3 Å². The molecule has 0 aromatic rings. The normalized spacial score (nSPS) is 18.8. The van der Waals surface area contributed by atoms with Gasteiger partial charge < -0.3 is 14.8 Å². The molecule has 1 aliphatic carbocycles. The van der Waals surface area contributed by atoms with Crippen LogP contribution >= 0.6 is 0 Å². The zero-order valence-electron chi connectivity index (χ0n) is 12.9. The quantitative estimate of drug-likeness (QED) is 0.539. The van der Waals surface area contributed by atoms with E-state index in [0.717, 1.165) is 6.54 Å². The van der Waals surface area contributed by atoms with Gasteiger partial charge in [0.25, 0.3) is 0 Å². The first-order chi connectivity index (χ1) is 9.33. The molecule has 19 heavy (non-hydrogen) atoms. The first-order valence-electron chi connectivity index (χ1n) is 7.98. The minimum absolute atomic E-state index is 0.152. The van der Waals surface area contributed by atoms with Crippen LogP contribution in [-0.2, 0) is 9.47 Å². The lowest BCUT2D eigenvalue weighted by Crippen LogP contribution is -2.44. The first-order valence-corrected chi connectivity index (χ1v) is 7.98. The highest BCUT2D eigenvalue weighted by atomic mass is 16.7. The highest BCUT2D eigenvalue weighted by Gasteiger charge is 2.25. The third-order valence-corrected chi connectivity index (χ3v) is 3.58. The standard InChI is InChI=1S/C16H31NO2/c1-4-17-15(16(18-5-2)19-6-3)14-12-10-8-7-9-11-13-14/h12,15-17H,4-11,13H2,1-3H3. The van der Waals surface area contributed by atoms with Gasteiger partial charge in [-0.05, 0) is 46.1 Å². The molecule has 0 fully saturated rings. The molecule has 0 radical (unpaired) electrons. The third kappa shape index (κ3) is 6.07. The molecule has 3 nitrogen and oxygen atoms in total. The molecule has 0 heterocycles. The summed E-state index contributed by atoms with van der Waals surface area (Å²) in [6.07, 6.45) is 9.96. The van der Waals surface area contributed by atoms with Crippen molar-refractivity contribution in [1.82, 2.24) is 5.32 Å². The molecule has 0 bridgehead atoms. The summed E-state index contributed by atoms with van der Waals surface area (Å²) in [6, 6.07) is 0.211. The Morgan fingerprint density at radius 1 is 1.05 bits per heavy atom. The SMILES string of the molecule is CCNC(C1=CCCCCCC1)C(OCC)OCC. The molecular formula is C16H31NO2. The van der Waals surface area contributed by atoms with E-state index in [1.165, 1.54) is 44.1 Å². The van der Waals surface area contributed by atoms with Gasteiger partial charge in [-0.3, -0.25) is 0 Å². The predicted molar refractivity (Wildman–Crippen MR) is 80.3 cm³/mol. The predicted octanol–water partition coefficient (Wildman–Crippen LogP) is 3.64. The summed E-state index contributed by atoms with van der Waals surface area (Å²) in [5.41, 5.74) is 1.48. The van der Waals surface area contributed by atoms with E-state index in [4.69, 9.17) is 9.47 Å². The minimum atomic E-state index is -0.152. The van der Waals surface area contributed by atoms with Crippen molar-refractivity contribution in [2.24, 2.45) is 0 Å². The second kappa shape index (κ2) is 10.4. The molecule has 0 amide bonds. The number of ether oxygens (including phenoxy) is 2. The molecule has 1 N–H and O–H groups in total. The number of rotatable bonds is 8. The van der Waals surface area contributed by atoms with Crippen molar-refractivity contribution in [2.45, 2.75) is 71.6 Å². The van der Waals surface area contributed by atoms with Crippen LogP contribution in [0.5, 0.6) is 0 Å². The van der Waals surface area contributed by atoms with Crippen molar-refractivity contribution in [3.05, 3.63) is 11.6 Å². The lowest BCUT2D eigenvalue weighted by molar-refractivity contribution is -0.148. The maximum absolute atomic E-state index is 5.80. The smallest absolute Gasteiger partial charge is 0.176 e. The summed E-state index contributed by atoms with van der Waals surface area (Å²) in [6.45, 7) is 8.53. The van der Waals surface area contributed by atoms with Gasteiger partial charge in [0.2, 0.25) is 0 Å². The molecule has 112 valence electrons. The second-order valence-electron chi connectivity index (χ2n) is 5.05. The maximum atomic E-state index is 5.80. The lowest BCUT2D eigenvalue weighted by Gasteiger charge is -2.30. The Bertz CT molecular complexity index is 247. The number of nitrogens with one attached hydrogen (secondary N) is 1. The van der Waals surface area contributed by atoms with Crippen LogP contribution in [0.2, 0.25) is 0 Å². The Balaban J connectivity index is 2.75. The van der Waals surface area contributed by atoms with Crippen molar-refractivity contribution in [3.63, 3.8) is 0 Å². The molecule has 1 unspecified atom stereocenters. The molecule has 3 heteroatoms. The van der Waals surface area contributed by atoms with Crippen LogP contribution in [0.4, 0.5) is 0 Å². The van der Waals surface area contributed by atoms with E-state index >= 15 is 0 Å². The minimum Gasteiger partial charge on any atom is -0.351 e. The zero-order chi connectivity index (χ0) is 13.9. The molecule has 0 aliphatic heterocycles. The summed E-state index contributed by atoms with van der Waals surface area (Å²) in [7, 11) is 0. The largest absolute Gasteiger partial charge is 0.351 e. The summed E-state index contributed by atoms with van der Waals surface area (Å²) in [5.74, 6) is 0. The van der Waals surface area contributed by atoms with Crippen LogP contribution in [0.15, 0.2) is 11.6 Å². The van der Waals surface area contributed by atoms with E-state index < -0.39 is 0 Å². The van der Waals surface area contributed by atoms with Crippen LogP contribution in [-0.4, -0.2) is 32.1 Å². The van der Waals surface area contributed by atoms with E-state index in [-0.39, 0.29) is 12.3 Å². The van der Waals surface area contributed by atoms with E-state index in [1.807, 2.05) is 13.8 Å². The van der Waals surface area contributed by atoms with Gasteiger partial charge in [-0.1, -0.05) is 31.4 Å². The fraction of sp³-hybridized carbons (Fsp3) is 0.875. The highest BCUT2D eigenvalue weighted by Crippen LogP contribution is 2.22. The van der Waals surface area contributed by atoms with E-state index in [9.17, 15) is 0 Å². The summed E-state index contributed by atoms with van der Waals surface area (Å²) in [5, 5.41) is 3.55. The molecule has 1 atom stereocenters. The number of allylic oxidation sites excluding steroid dienone is 1. The Kier molecular flexibility index (Phi) is 9.14. The molecular weight excluding hydrogens is 238 g/mol. The number of hydrogen-bond donors (Lipinski definition) is 1. The fourth-order valence-corrected chi connectivity index (χ4v) is 2.69. The van der Waals surface area contributed by atoms with E-state index in [1.54, 1.807) is 0 Å². The lowest BCUT2D eigenvalue weighted by atomic mass is 9.94. The fourth-order valence-electron chi connectivity index (χ4n) is 2.69. The highest BCUT2D eigenvalue weighted by molar-refractivity contribution is 5.13. The van der Waals surface area contributed by atoms with Crippen molar-refractivity contribution < 1.29 is 9.47 Å². The Morgan fingerprint density at radius 2 is 1.74 bits per heavy atom. The Labute approximate surface area is 118 Å². The Hall–Kier alpha value is -0.380. The maximum Gasteiger partial charge on any atom is 0.176 e. The average Bonchev–Trinajstić information content (AvgIpc) is 2.36. The molecule has 0 aromatic carbocycles. The summed E-state index contributed by atoms with van der Waals surface area (Å²) >= 11 is 0.